The van der Waals surface area contributed by atoms with Crippen molar-refractivity contribution < 1.29 is 4.39 Å². The van der Waals surface area contributed by atoms with Crippen molar-refractivity contribution in [2.24, 2.45) is 7.05 Å². The molecule has 0 aliphatic rings. The van der Waals surface area contributed by atoms with Gasteiger partial charge >= 0.3 is 0 Å². The highest BCUT2D eigenvalue weighted by atomic mass is 19.1. The summed E-state index contributed by atoms with van der Waals surface area (Å²) in [6.07, 6.45) is 1.41. The van der Waals surface area contributed by atoms with Gasteiger partial charge in [0.25, 0.3) is 5.56 Å². The van der Waals surface area contributed by atoms with Gasteiger partial charge in [0.2, 0.25) is 0 Å². The van der Waals surface area contributed by atoms with E-state index in [1.54, 1.807) is 7.05 Å². The summed E-state index contributed by atoms with van der Waals surface area (Å²) in [6.45, 7) is 1.47. The Bertz CT molecular complexity index is 303. The van der Waals surface area contributed by atoms with Gasteiger partial charge in [0.1, 0.15) is 5.82 Å². The van der Waals surface area contributed by atoms with E-state index in [1.807, 2.05) is 0 Å². The van der Waals surface area contributed by atoms with Gasteiger partial charge in [-0.05, 0) is 13.0 Å². The molecular formula is C7H8FNO. The van der Waals surface area contributed by atoms with E-state index in [1.165, 1.54) is 23.8 Å². The van der Waals surface area contributed by atoms with E-state index < -0.39 is 5.82 Å². The van der Waals surface area contributed by atoms with E-state index >= 15 is 0 Å². The molecule has 0 atom stereocenters. The summed E-state index contributed by atoms with van der Waals surface area (Å²) >= 11 is 0. The Kier molecular flexibility index (Phi) is 1.57. The molecule has 0 aromatic carbocycles. The average molecular weight is 141 g/mol. The quantitative estimate of drug-likeness (QED) is 0.524. The molecule has 3 heteroatoms. The molecule has 0 aliphatic carbocycles. The molecule has 10 heavy (non-hydrogen) atoms. The van der Waals surface area contributed by atoms with Crippen molar-refractivity contribution in [2.75, 3.05) is 0 Å². The van der Waals surface area contributed by atoms with Crippen molar-refractivity contribution in [3.63, 3.8) is 0 Å². The summed E-state index contributed by atoms with van der Waals surface area (Å²) in [4.78, 5) is 10.9. The minimum Gasteiger partial charge on any atom is -0.318 e. The normalized spacial score (nSPS) is 9.90. The summed E-state index contributed by atoms with van der Waals surface area (Å²) < 4.78 is 13.9. The van der Waals surface area contributed by atoms with Gasteiger partial charge in [0.05, 0.1) is 5.56 Å². The SMILES string of the molecule is Cc1c(F)ccn(C)c1=O. The van der Waals surface area contributed by atoms with Crippen LogP contribution in [0.5, 0.6) is 0 Å². The molecule has 54 valence electrons. The minimum absolute atomic E-state index is 0.171. The Balaban J connectivity index is 3.50. The first kappa shape index (κ1) is 6.99. The van der Waals surface area contributed by atoms with Crippen molar-refractivity contribution in [2.45, 2.75) is 6.92 Å². The second kappa shape index (κ2) is 2.25. The van der Waals surface area contributed by atoms with Crippen LogP contribution in [0.15, 0.2) is 17.1 Å². The number of aromatic nitrogens is 1. The van der Waals surface area contributed by atoms with E-state index in [0.717, 1.165) is 0 Å². The summed E-state index contributed by atoms with van der Waals surface area (Å²) in [5.74, 6) is -0.442. The van der Waals surface area contributed by atoms with Gasteiger partial charge in [-0.25, -0.2) is 4.39 Å². The summed E-state index contributed by atoms with van der Waals surface area (Å²) in [6, 6.07) is 1.27. The van der Waals surface area contributed by atoms with Crippen LogP contribution in [-0.2, 0) is 7.05 Å². The zero-order valence-corrected chi connectivity index (χ0v) is 5.89. The molecule has 2 nitrogen and oxygen atoms in total. The lowest BCUT2D eigenvalue weighted by molar-refractivity contribution is 0.605. The number of pyridine rings is 1. The van der Waals surface area contributed by atoms with Crippen LogP contribution in [0.25, 0.3) is 0 Å². The Morgan fingerprint density at radius 2 is 2.20 bits per heavy atom. The van der Waals surface area contributed by atoms with Crippen molar-refractivity contribution >= 4 is 0 Å². The van der Waals surface area contributed by atoms with Gasteiger partial charge in [-0.3, -0.25) is 4.79 Å². The Hall–Kier alpha value is -1.12. The monoisotopic (exact) mass is 141 g/mol. The van der Waals surface area contributed by atoms with Crippen LogP contribution in [0.4, 0.5) is 4.39 Å². The van der Waals surface area contributed by atoms with Gasteiger partial charge in [-0.15, -0.1) is 0 Å². The highest BCUT2D eigenvalue weighted by molar-refractivity contribution is 5.10. The van der Waals surface area contributed by atoms with Gasteiger partial charge in [0, 0.05) is 13.2 Å². The molecular weight excluding hydrogens is 133 g/mol. The van der Waals surface area contributed by atoms with E-state index in [2.05, 4.69) is 0 Å². The molecule has 1 aromatic rings. The highest BCUT2D eigenvalue weighted by Crippen LogP contribution is 1.96. The first-order chi connectivity index (χ1) is 4.63. The standard InChI is InChI=1S/C7H8FNO/c1-5-6(8)3-4-9(2)7(5)10/h3-4H,1-2H3. The fourth-order valence-electron chi connectivity index (χ4n) is 0.737. The minimum atomic E-state index is -0.442. The maximum absolute atomic E-state index is 12.5. The molecule has 0 aliphatic heterocycles. The third-order valence-electron chi connectivity index (χ3n) is 1.44. The van der Waals surface area contributed by atoms with Gasteiger partial charge in [-0.1, -0.05) is 0 Å². The highest BCUT2D eigenvalue weighted by Gasteiger charge is 2.00. The molecule has 1 heterocycles. The van der Waals surface area contributed by atoms with E-state index in [-0.39, 0.29) is 11.1 Å². The molecule has 0 bridgehead atoms. The smallest absolute Gasteiger partial charge is 0.256 e. The van der Waals surface area contributed by atoms with Crippen molar-refractivity contribution in [1.29, 1.82) is 0 Å². The zero-order valence-electron chi connectivity index (χ0n) is 5.89. The lowest BCUT2D eigenvalue weighted by Gasteiger charge is -1.97. The maximum atomic E-state index is 12.5. The second-order valence-corrected chi connectivity index (χ2v) is 2.20. The zero-order chi connectivity index (χ0) is 7.72. The number of hydrogen-bond donors (Lipinski definition) is 0. The van der Waals surface area contributed by atoms with Crippen molar-refractivity contribution in [1.82, 2.24) is 4.57 Å². The first-order valence-electron chi connectivity index (χ1n) is 2.94. The molecule has 0 amide bonds. The topological polar surface area (TPSA) is 22.0 Å². The summed E-state index contributed by atoms with van der Waals surface area (Å²) in [5, 5.41) is 0. The van der Waals surface area contributed by atoms with E-state index in [0.29, 0.717) is 0 Å². The number of rotatable bonds is 0. The molecule has 0 unspecified atom stereocenters. The predicted molar refractivity (Wildman–Crippen MR) is 36.4 cm³/mol. The largest absolute Gasteiger partial charge is 0.318 e. The van der Waals surface area contributed by atoms with Crippen LogP contribution in [-0.4, -0.2) is 4.57 Å². The summed E-state index contributed by atoms with van der Waals surface area (Å²) in [7, 11) is 1.59. The van der Waals surface area contributed by atoms with Crippen LogP contribution < -0.4 is 5.56 Å². The third kappa shape index (κ3) is 0.943. The number of halogens is 1. The Morgan fingerprint density at radius 1 is 1.60 bits per heavy atom. The Morgan fingerprint density at radius 3 is 2.70 bits per heavy atom. The van der Waals surface area contributed by atoms with Crippen LogP contribution >= 0.6 is 0 Å². The number of nitrogens with zero attached hydrogens (tertiary/aromatic N) is 1. The van der Waals surface area contributed by atoms with Crippen LogP contribution in [0.3, 0.4) is 0 Å². The van der Waals surface area contributed by atoms with Gasteiger partial charge in [-0.2, -0.15) is 0 Å². The molecule has 0 fully saturated rings. The predicted octanol–water partition coefficient (Wildman–Crippen LogP) is 0.833. The molecule has 1 aromatic heterocycles. The lowest BCUT2D eigenvalue weighted by atomic mass is 10.3. The van der Waals surface area contributed by atoms with Gasteiger partial charge in [0.15, 0.2) is 0 Å². The Labute approximate surface area is 57.9 Å². The summed E-state index contributed by atoms with van der Waals surface area (Å²) in [5.41, 5.74) is -0.106. The van der Waals surface area contributed by atoms with Crippen LogP contribution in [0.2, 0.25) is 0 Å². The number of hydrogen-bond acceptors (Lipinski definition) is 1. The lowest BCUT2D eigenvalue weighted by Crippen LogP contribution is -2.19. The molecule has 0 radical (unpaired) electrons. The van der Waals surface area contributed by atoms with E-state index in [9.17, 15) is 9.18 Å². The molecule has 0 spiro atoms. The first-order valence-corrected chi connectivity index (χ1v) is 2.94. The van der Waals surface area contributed by atoms with Crippen molar-refractivity contribution in [3.05, 3.63) is 34.0 Å². The number of aryl methyl sites for hydroxylation is 1. The van der Waals surface area contributed by atoms with Gasteiger partial charge < -0.3 is 4.57 Å². The molecule has 0 N–H and O–H groups in total. The van der Waals surface area contributed by atoms with Crippen molar-refractivity contribution in [3.8, 4) is 0 Å². The van der Waals surface area contributed by atoms with Crippen LogP contribution in [0, 0.1) is 12.7 Å². The van der Waals surface area contributed by atoms with E-state index in [4.69, 9.17) is 0 Å². The average Bonchev–Trinajstić information content (AvgIpc) is 1.93. The third-order valence-corrected chi connectivity index (χ3v) is 1.44. The second-order valence-electron chi connectivity index (χ2n) is 2.20. The van der Waals surface area contributed by atoms with Crippen LogP contribution in [0.1, 0.15) is 5.56 Å². The fourth-order valence-corrected chi connectivity index (χ4v) is 0.737. The fraction of sp³-hybridized carbons (Fsp3) is 0.286. The molecule has 1 rings (SSSR count). The maximum Gasteiger partial charge on any atom is 0.256 e. The molecule has 0 saturated carbocycles. The molecule has 0 saturated heterocycles.